The maximum atomic E-state index is 13.0. The maximum Gasteiger partial charge on any atom is 0.408 e. The summed E-state index contributed by atoms with van der Waals surface area (Å²) in [5.41, 5.74) is -1.87. The second kappa shape index (κ2) is 20.2. The van der Waals surface area contributed by atoms with Crippen molar-refractivity contribution < 1.29 is 68.2 Å². The molecule has 0 radical (unpaired) electrons. The zero-order valence-corrected chi connectivity index (χ0v) is 33.9. The fourth-order valence-corrected chi connectivity index (χ4v) is 7.06. The fraction of sp³-hybridized carbons (Fsp3) is 0.711. The Labute approximate surface area is 337 Å². The molecule has 0 bridgehead atoms. The SMILES string of the molecule is CCCC(O)C(=O)NC1CC(C)C(OC2OC(CNC(=O)OCc3ccc([N+](=O)[O-])cc3)=CCC2NC(=O)OC(C)(C)C)C(O)C1OC1OCC(C)(O)C(NC)C1O. The third-order valence-electron chi connectivity index (χ3n) is 9.99. The van der Waals surface area contributed by atoms with E-state index in [4.69, 9.17) is 28.4 Å². The fourth-order valence-electron chi connectivity index (χ4n) is 7.06. The van der Waals surface area contributed by atoms with Gasteiger partial charge in [-0.15, -0.1) is 0 Å². The van der Waals surface area contributed by atoms with Crippen molar-refractivity contribution in [1.82, 2.24) is 21.3 Å². The average Bonchev–Trinajstić information content (AvgIpc) is 3.14. The molecule has 326 valence electrons. The highest BCUT2D eigenvalue weighted by Gasteiger charge is 2.52. The van der Waals surface area contributed by atoms with Gasteiger partial charge in [-0.3, -0.25) is 14.9 Å². The Kier molecular flexibility index (Phi) is 16.2. The Morgan fingerprint density at radius 3 is 2.33 bits per heavy atom. The molecule has 12 unspecified atom stereocenters. The van der Waals surface area contributed by atoms with E-state index in [1.54, 1.807) is 40.8 Å². The molecule has 1 saturated carbocycles. The van der Waals surface area contributed by atoms with Gasteiger partial charge in [0.25, 0.3) is 5.69 Å². The summed E-state index contributed by atoms with van der Waals surface area (Å²) in [7, 11) is 1.55. The van der Waals surface area contributed by atoms with Gasteiger partial charge in [-0.1, -0.05) is 20.3 Å². The van der Waals surface area contributed by atoms with Crippen LogP contribution in [0.4, 0.5) is 15.3 Å². The van der Waals surface area contributed by atoms with Crippen LogP contribution in [0, 0.1) is 16.0 Å². The Morgan fingerprint density at radius 2 is 1.71 bits per heavy atom. The number of nitro groups is 1. The van der Waals surface area contributed by atoms with Crippen LogP contribution >= 0.6 is 0 Å². The lowest BCUT2D eigenvalue weighted by molar-refractivity contribution is -0.384. The first-order chi connectivity index (χ1) is 27.2. The summed E-state index contributed by atoms with van der Waals surface area (Å²) in [6.45, 7) is 9.63. The second-order valence-electron chi connectivity index (χ2n) is 16.1. The summed E-state index contributed by atoms with van der Waals surface area (Å²) in [5.74, 6) is -0.936. The van der Waals surface area contributed by atoms with Crippen molar-refractivity contribution >= 4 is 23.8 Å². The van der Waals surface area contributed by atoms with Crippen LogP contribution in [-0.2, 0) is 39.8 Å². The molecule has 20 heteroatoms. The molecule has 2 aliphatic heterocycles. The number of hydrogen-bond acceptors (Lipinski definition) is 16. The third kappa shape index (κ3) is 12.7. The molecule has 20 nitrogen and oxygen atoms in total. The summed E-state index contributed by atoms with van der Waals surface area (Å²) in [6.07, 6.45) is -8.10. The summed E-state index contributed by atoms with van der Waals surface area (Å²) in [5, 5.41) is 66.3. The first kappa shape index (κ1) is 46.5. The molecule has 1 aromatic carbocycles. The van der Waals surface area contributed by atoms with Crippen LogP contribution in [0.15, 0.2) is 36.1 Å². The number of benzene rings is 1. The van der Waals surface area contributed by atoms with E-state index in [2.05, 4.69) is 21.3 Å². The number of aliphatic hydroxyl groups excluding tert-OH is 3. The molecule has 1 aromatic rings. The van der Waals surface area contributed by atoms with Crippen LogP contribution < -0.4 is 21.3 Å². The lowest BCUT2D eigenvalue weighted by Crippen LogP contribution is -2.68. The van der Waals surface area contributed by atoms with Crippen LogP contribution in [0.1, 0.15) is 72.8 Å². The number of nitrogens with one attached hydrogen (secondary N) is 4. The number of non-ortho nitro benzene ring substituents is 1. The number of alkyl carbamates (subject to hydrolysis) is 2. The highest BCUT2D eigenvalue weighted by Crippen LogP contribution is 2.35. The minimum absolute atomic E-state index is 0.104. The van der Waals surface area contributed by atoms with Crippen molar-refractivity contribution in [2.75, 3.05) is 20.2 Å². The smallest absolute Gasteiger partial charge is 0.408 e. The standard InChI is InChI=1S/C38H59N5O15/c1-8-9-26(44)32(47)41-25-16-20(2)29(27(45)30(25)57-34-28(46)31(39-7)38(6,50)19-54-34)56-33-24(42-36(49)58-37(3,4)5)15-14-23(55-33)17-40-35(48)53-18-21-10-12-22(13-11-21)43(51)52/h10-14,20,24-31,33-34,39,44-46,50H,8-9,15-19H2,1-7H3,(H,40,48)(H,41,47)(H,42,49). The lowest BCUT2D eigenvalue weighted by atomic mass is 9.79. The number of rotatable bonds is 15. The first-order valence-corrected chi connectivity index (χ1v) is 19.4. The molecule has 1 aliphatic carbocycles. The normalized spacial score (nSPS) is 31.8. The summed E-state index contributed by atoms with van der Waals surface area (Å²) in [6, 6.07) is 2.89. The Balaban J connectivity index is 1.52. The molecule has 8 N–H and O–H groups in total. The molecule has 4 rings (SSSR count). The third-order valence-corrected chi connectivity index (χ3v) is 9.99. The van der Waals surface area contributed by atoms with Gasteiger partial charge < -0.3 is 70.1 Å². The molecule has 12 atom stereocenters. The zero-order chi connectivity index (χ0) is 42.9. The van der Waals surface area contributed by atoms with Gasteiger partial charge in [0.2, 0.25) is 12.2 Å². The Morgan fingerprint density at radius 1 is 1.03 bits per heavy atom. The largest absolute Gasteiger partial charge is 0.465 e. The van der Waals surface area contributed by atoms with Gasteiger partial charge in [0.15, 0.2) is 6.29 Å². The number of nitro benzene ring substituents is 1. The highest BCUT2D eigenvalue weighted by atomic mass is 16.7. The first-order valence-electron chi connectivity index (χ1n) is 19.4. The number of carbonyl (C=O) groups excluding carboxylic acids is 3. The number of nitrogens with zero attached hydrogens (tertiary/aromatic N) is 1. The van der Waals surface area contributed by atoms with Crippen LogP contribution in [0.2, 0.25) is 0 Å². The van der Waals surface area contributed by atoms with Gasteiger partial charge >= 0.3 is 12.2 Å². The Bertz CT molecular complexity index is 1590. The zero-order valence-electron chi connectivity index (χ0n) is 33.9. The predicted molar refractivity (Wildman–Crippen MR) is 204 cm³/mol. The second-order valence-corrected chi connectivity index (χ2v) is 16.1. The van der Waals surface area contributed by atoms with Gasteiger partial charge in [-0.25, -0.2) is 9.59 Å². The van der Waals surface area contributed by atoms with Crippen LogP contribution in [0.3, 0.4) is 0 Å². The number of likely N-dealkylation sites (N-methyl/N-ethyl adjacent to an activating group) is 1. The minimum Gasteiger partial charge on any atom is -0.465 e. The summed E-state index contributed by atoms with van der Waals surface area (Å²) < 4.78 is 35.3. The van der Waals surface area contributed by atoms with Gasteiger partial charge in [-0.2, -0.15) is 0 Å². The molecule has 3 aliphatic rings. The van der Waals surface area contributed by atoms with E-state index in [1.807, 2.05) is 6.92 Å². The topological polar surface area (TPSA) is 279 Å². The van der Waals surface area contributed by atoms with Crippen molar-refractivity contribution in [1.29, 1.82) is 0 Å². The molecule has 0 spiro atoms. The summed E-state index contributed by atoms with van der Waals surface area (Å²) >= 11 is 0. The van der Waals surface area contributed by atoms with Crippen molar-refractivity contribution in [3.63, 3.8) is 0 Å². The van der Waals surface area contributed by atoms with E-state index in [9.17, 15) is 44.9 Å². The van der Waals surface area contributed by atoms with Gasteiger partial charge in [-0.05, 0) is 83.7 Å². The molecule has 58 heavy (non-hydrogen) atoms. The van der Waals surface area contributed by atoms with Crippen molar-refractivity contribution in [3.8, 4) is 0 Å². The van der Waals surface area contributed by atoms with Gasteiger partial charge in [0.1, 0.15) is 48.0 Å². The molecular weight excluding hydrogens is 766 g/mol. The minimum atomic E-state index is -1.52. The number of amides is 3. The van der Waals surface area contributed by atoms with E-state index in [1.165, 1.54) is 31.2 Å². The molecular formula is C38H59N5O15. The lowest BCUT2D eigenvalue weighted by Gasteiger charge is -2.49. The summed E-state index contributed by atoms with van der Waals surface area (Å²) in [4.78, 5) is 48.9. The molecule has 0 aromatic heterocycles. The van der Waals surface area contributed by atoms with E-state index in [0.717, 1.165) is 0 Å². The van der Waals surface area contributed by atoms with Gasteiger partial charge in [0, 0.05) is 12.1 Å². The number of carbonyl (C=O) groups is 3. The molecule has 2 heterocycles. The average molecular weight is 826 g/mol. The quantitative estimate of drug-likeness (QED) is 0.0912. The van der Waals surface area contributed by atoms with E-state index in [-0.39, 0.29) is 50.5 Å². The molecule has 2 fully saturated rings. The molecule has 1 saturated heterocycles. The van der Waals surface area contributed by atoms with Crippen molar-refractivity contribution in [2.45, 2.75) is 146 Å². The van der Waals surface area contributed by atoms with E-state index >= 15 is 0 Å². The van der Waals surface area contributed by atoms with Crippen molar-refractivity contribution in [2.24, 2.45) is 5.92 Å². The van der Waals surface area contributed by atoms with E-state index < -0.39 is 101 Å². The van der Waals surface area contributed by atoms with Crippen LogP contribution in [0.25, 0.3) is 0 Å². The van der Waals surface area contributed by atoms with Gasteiger partial charge in [0.05, 0.1) is 42.3 Å². The monoisotopic (exact) mass is 825 g/mol. The maximum absolute atomic E-state index is 13.0. The Hall–Kier alpha value is -4.15. The van der Waals surface area contributed by atoms with Crippen molar-refractivity contribution in [3.05, 3.63) is 51.8 Å². The number of hydrogen-bond donors (Lipinski definition) is 8. The predicted octanol–water partition coefficient (Wildman–Crippen LogP) is 1.22. The van der Waals surface area contributed by atoms with Crippen LogP contribution in [0.5, 0.6) is 0 Å². The number of aliphatic hydroxyl groups is 4. The van der Waals surface area contributed by atoms with E-state index in [0.29, 0.717) is 12.0 Å². The van der Waals surface area contributed by atoms with Crippen LogP contribution in [-0.4, -0.2) is 136 Å². The number of ether oxygens (including phenoxy) is 6. The molecule has 3 amide bonds. The highest BCUT2D eigenvalue weighted by molar-refractivity contribution is 5.80.